The molecule has 0 saturated carbocycles. The normalized spacial score (nSPS) is 9.91. The summed E-state index contributed by atoms with van der Waals surface area (Å²) in [6.45, 7) is 7.92. The minimum atomic E-state index is 0.657. The zero-order valence-electron chi connectivity index (χ0n) is 13.7. The van der Waals surface area contributed by atoms with Gasteiger partial charge in [0.2, 0.25) is 12.2 Å². The minimum Gasteiger partial charge on any atom is -0.211 e. The first-order valence-corrected chi connectivity index (χ1v) is 7.33. The molecular formula is C19H18N2O2. The summed E-state index contributed by atoms with van der Waals surface area (Å²) >= 11 is 0. The molecule has 0 fully saturated rings. The first kappa shape index (κ1) is 16.6. The number of aliphatic imine (C=N–C) groups is 2. The Morgan fingerprint density at radius 3 is 2.09 bits per heavy atom. The molecule has 0 unspecified atom stereocenters. The molecule has 0 bridgehead atoms. The van der Waals surface area contributed by atoms with Crippen molar-refractivity contribution in [3.63, 3.8) is 0 Å². The van der Waals surface area contributed by atoms with Crippen molar-refractivity contribution >= 4 is 23.5 Å². The second kappa shape index (κ2) is 6.97. The highest BCUT2D eigenvalue weighted by Crippen LogP contribution is 2.29. The number of nitrogens with zero attached hydrogens (tertiary/aromatic N) is 2. The molecule has 0 aromatic heterocycles. The molecule has 0 spiro atoms. The van der Waals surface area contributed by atoms with Gasteiger partial charge in [-0.3, -0.25) is 0 Å². The SMILES string of the molecule is Cc1cc(N=C=O)c(C)cc1Cc1ccc(N=C=O)c(C)c1C. The Bertz CT molecular complexity index is 840. The Hall–Kier alpha value is -2.80. The van der Waals surface area contributed by atoms with Crippen LogP contribution < -0.4 is 0 Å². The lowest BCUT2D eigenvalue weighted by molar-refractivity contribution is 0.564. The Morgan fingerprint density at radius 2 is 1.43 bits per heavy atom. The monoisotopic (exact) mass is 306 g/mol. The third-order valence-electron chi connectivity index (χ3n) is 4.24. The number of aryl methyl sites for hydroxylation is 2. The summed E-state index contributed by atoms with van der Waals surface area (Å²) in [5, 5.41) is 0. The molecule has 0 amide bonds. The van der Waals surface area contributed by atoms with Gasteiger partial charge in [-0.2, -0.15) is 9.98 Å². The van der Waals surface area contributed by atoms with Gasteiger partial charge in [0.1, 0.15) is 0 Å². The van der Waals surface area contributed by atoms with Crippen LogP contribution in [0.25, 0.3) is 0 Å². The summed E-state index contributed by atoms with van der Waals surface area (Å²) in [5.74, 6) is 0. The molecule has 0 aliphatic heterocycles. The number of rotatable bonds is 4. The van der Waals surface area contributed by atoms with Crippen LogP contribution in [0.4, 0.5) is 11.4 Å². The first-order valence-electron chi connectivity index (χ1n) is 7.33. The van der Waals surface area contributed by atoms with Gasteiger partial charge in [-0.05, 0) is 79.6 Å². The molecule has 116 valence electrons. The molecule has 23 heavy (non-hydrogen) atoms. The van der Waals surface area contributed by atoms with Crippen LogP contribution in [0.1, 0.15) is 33.4 Å². The van der Waals surface area contributed by atoms with Crippen molar-refractivity contribution in [3.05, 3.63) is 57.6 Å². The number of isocyanates is 2. The molecule has 0 radical (unpaired) electrons. The third-order valence-corrected chi connectivity index (χ3v) is 4.24. The molecule has 4 nitrogen and oxygen atoms in total. The van der Waals surface area contributed by atoms with Crippen LogP contribution in [0.2, 0.25) is 0 Å². The molecule has 2 aromatic carbocycles. The highest BCUT2D eigenvalue weighted by Gasteiger charge is 2.10. The van der Waals surface area contributed by atoms with Crippen LogP contribution in [0, 0.1) is 27.7 Å². The summed E-state index contributed by atoms with van der Waals surface area (Å²) in [7, 11) is 0. The fourth-order valence-electron chi connectivity index (χ4n) is 2.65. The van der Waals surface area contributed by atoms with E-state index < -0.39 is 0 Å². The van der Waals surface area contributed by atoms with Crippen molar-refractivity contribution in [1.82, 2.24) is 0 Å². The van der Waals surface area contributed by atoms with Crippen molar-refractivity contribution in [1.29, 1.82) is 0 Å². The number of benzene rings is 2. The van der Waals surface area contributed by atoms with Gasteiger partial charge in [0, 0.05) is 0 Å². The maximum Gasteiger partial charge on any atom is 0.240 e. The van der Waals surface area contributed by atoms with Crippen molar-refractivity contribution in [2.24, 2.45) is 9.98 Å². The van der Waals surface area contributed by atoms with Crippen LogP contribution in [-0.4, -0.2) is 12.2 Å². The van der Waals surface area contributed by atoms with Crippen molar-refractivity contribution in [3.8, 4) is 0 Å². The second-order valence-electron chi connectivity index (χ2n) is 5.64. The van der Waals surface area contributed by atoms with Crippen LogP contribution in [0.5, 0.6) is 0 Å². The van der Waals surface area contributed by atoms with E-state index in [0.717, 1.165) is 28.7 Å². The van der Waals surface area contributed by atoms with Crippen molar-refractivity contribution in [2.75, 3.05) is 0 Å². The lowest BCUT2D eigenvalue weighted by Crippen LogP contribution is -1.97. The van der Waals surface area contributed by atoms with Crippen molar-refractivity contribution < 1.29 is 9.59 Å². The van der Waals surface area contributed by atoms with E-state index in [9.17, 15) is 9.59 Å². The average Bonchev–Trinajstić information content (AvgIpc) is 2.52. The molecule has 0 aliphatic rings. The van der Waals surface area contributed by atoms with Gasteiger partial charge < -0.3 is 0 Å². The summed E-state index contributed by atoms with van der Waals surface area (Å²) in [6, 6.07) is 7.79. The summed E-state index contributed by atoms with van der Waals surface area (Å²) < 4.78 is 0. The maximum absolute atomic E-state index is 10.5. The first-order chi connectivity index (χ1) is 11.0. The van der Waals surface area contributed by atoms with E-state index in [-0.39, 0.29) is 0 Å². The standard InChI is InChI=1S/C19H18N2O2/c1-12-8-19(21-11-23)13(2)7-17(12)9-16-5-6-18(20-10-22)15(4)14(16)3/h5-8H,9H2,1-4H3. The fraction of sp³-hybridized carbons (Fsp3) is 0.263. The van der Waals surface area contributed by atoms with Crippen molar-refractivity contribution in [2.45, 2.75) is 34.1 Å². The third kappa shape index (κ3) is 3.51. The Balaban J connectivity index is 2.44. The van der Waals surface area contributed by atoms with Crippen LogP contribution in [0.15, 0.2) is 34.3 Å². The predicted octanol–water partition coefficient (Wildman–Crippen LogP) is 4.45. The van der Waals surface area contributed by atoms with Crippen LogP contribution in [0.3, 0.4) is 0 Å². The van der Waals surface area contributed by atoms with E-state index in [1.54, 1.807) is 12.2 Å². The van der Waals surface area contributed by atoms with E-state index in [1.807, 2.05) is 45.9 Å². The fourth-order valence-corrected chi connectivity index (χ4v) is 2.65. The summed E-state index contributed by atoms with van der Waals surface area (Å²) in [6.07, 6.45) is 3.95. The van der Waals surface area contributed by atoms with E-state index in [2.05, 4.69) is 16.1 Å². The quantitative estimate of drug-likeness (QED) is 0.619. The molecule has 4 heteroatoms. The van der Waals surface area contributed by atoms with E-state index >= 15 is 0 Å². The maximum atomic E-state index is 10.5. The zero-order chi connectivity index (χ0) is 17.0. The van der Waals surface area contributed by atoms with E-state index in [0.29, 0.717) is 11.4 Å². The van der Waals surface area contributed by atoms with Crippen LogP contribution >= 0.6 is 0 Å². The Morgan fingerprint density at radius 1 is 0.783 bits per heavy atom. The Labute approximate surface area is 135 Å². The van der Waals surface area contributed by atoms with Gasteiger partial charge >= 0.3 is 0 Å². The van der Waals surface area contributed by atoms with E-state index in [4.69, 9.17) is 0 Å². The smallest absolute Gasteiger partial charge is 0.211 e. The highest BCUT2D eigenvalue weighted by molar-refractivity contribution is 5.59. The van der Waals surface area contributed by atoms with Gasteiger partial charge in [0.25, 0.3) is 0 Å². The number of hydrogen-bond donors (Lipinski definition) is 0. The molecule has 0 saturated heterocycles. The highest BCUT2D eigenvalue weighted by atomic mass is 16.1. The Kier molecular flexibility index (Phi) is 5.02. The largest absolute Gasteiger partial charge is 0.240 e. The molecule has 0 aliphatic carbocycles. The molecular weight excluding hydrogens is 288 g/mol. The molecule has 0 atom stereocenters. The zero-order valence-corrected chi connectivity index (χ0v) is 13.7. The van der Waals surface area contributed by atoms with Gasteiger partial charge in [-0.1, -0.05) is 12.1 Å². The molecule has 2 rings (SSSR count). The average molecular weight is 306 g/mol. The van der Waals surface area contributed by atoms with E-state index in [1.165, 1.54) is 11.1 Å². The van der Waals surface area contributed by atoms with Gasteiger partial charge in [0.05, 0.1) is 11.4 Å². The van der Waals surface area contributed by atoms with Gasteiger partial charge in [0.15, 0.2) is 0 Å². The number of hydrogen-bond acceptors (Lipinski definition) is 4. The molecule has 2 aromatic rings. The lowest BCUT2D eigenvalue weighted by Gasteiger charge is -2.13. The minimum absolute atomic E-state index is 0.657. The van der Waals surface area contributed by atoms with Gasteiger partial charge in [-0.15, -0.1) is 0 Å². The predicted molar refractivity (Wildman–Crippen MR) is 90.2 cm³/mol. The summed E-state index contributed by atoms with van der Waals surface area (Å²) in [5.41, 5.74) is 7.82. The second-order valence-corrected chi connectivity index (χ2v) is 5.64. The topological polar surface area (TPSA) is 58.9 Å². The van der Waals surface area contributed by atoms with Gasteiger partial charge in [-0.25, -0.2) is 9.59 Å². The van der Waals surface area contributed by atoms with Crippen LogP contribution in [-0.2, 0) is 16.0 Å². The number of carbonyl (C=O) groups excluding carboxylic acids is 2. The molecule has 0 heterocycles. The lowest BCUT2D eigenvalue weighted by atomic mass is 9.93. The summed E-state index contributed by atoms with van der Waals surface area (Å²) in [4.78, 5) is 28.4. The molecule has 0 N–H and O–H groups in total.